The van der Waals surface area contributed by atoms with E-state index in [4.69, 9.17) is 0 Å². The lowest BCUT2D eigenvalue weighted by molar-refractivity contribution is 0.161. The molecule has 0 bridgehead atoms. The molecule has 16 heavy (non-hydrogen) atoms. The quantitative estimate of drug-likeness (QED) is 0.725. The molecule has 0 aromatic heterocycles. The predicted molar refractivity (Wildman–Crippen MR) is 69.3 cm³/mol. The Kier molecular flexibility index (Phi) is 6.17. The smallest absolute Gasteiger partial charge is 0.0790 e. The van der Waals surface area contributed by atoms with Gasteiger partial charge in [0.15, 0.2) is 0 Å². The van der Waals surface area contributed by atoms with E-state index in [0.29, 0.717) is 0 Å². The standard InChI is InChI=1S/C15H24O/c1-3-8-13(2)9-7-12-15(16)14-10-5-4-6-11-14/h4-6,10-11,13,15-16H,3,7-9,12H2,1-2H3. The molecule has 2 atom stereocenters. The molecule has 1 nitrogen and oxygen atoms in total. The first-order valence-electron chi connectivity index (χ1n) is 6.47. The summed E-state index contributed by atoms with van der Waals surface area (Å²) in [5.41, 5.74) is 1.05. The van der Waals surface area contributed by atoms with Crippen molar-refractivity contribution in [2.75, 3.05) is 0 Å². The molecule has 0 aliphatic carbocycles. The third-order valence-electron chi connectivity index (χ3n) is 3.14. The van der Waals surface area contributed by atoms with E-state index < -0.39 is 0 Å². The topological polar surface area (TPSA) is 20.2 Å². The highest BCUT2D eigenvalue weighted by atomic mass is 16.3. The van der Waals surface area contributed by atoms with Gasteiger partial charge in [0, 0.05) is 0 Å². The molecule has 1 rings (SSSR count). The number of aliphatic hydroxyl groups is 1. The monoisotopic (exact) mass is 220 g/mol. The summed E-state index contributed by atoms with van der Waals surface area (Å²) >= 11 is 0. The number of benzene rings is 1. The first-order chi connectivity index (χ1) is 7.74. The number of rotatable bonds is 7. The van der Waals surface area contributed by atoms with Crippen LogP contribution in [0.3, 0.4) is 0 Å². The maximum absolute atomic E-state index is 9.96. The van der Waals surface area contributed by atoms with Crippen LogP contribution in [0.5, 0.6) is 0 Å². The zero-order chi connectivity index (χ0) is 11.8. The van der Waals surface area contributed by atoms with Gasteiger partial charge in [0.2, 0.25) is 0 Å². The molecule has 0 amide bonds. The van der Waals surface area contributed by atoms with Crippen LogP contribution in [0.25, 0.3) is 0 Å². The third kappa shape index (κ3) is 4.80. The Bertz CT molecular complexity index is 268. The lowest BCUT2D eigenvalue weighted by Crippen LogP contribution is -1.99. The summed E-state index contributed by atoms with van der Waals surface area (Å²) < 4.78 is 0. The molecule has 0 saturated heterocycles. The van der Waals surface area contributed by atoms with Crippen molar-refractivity contribution >= 4 is 0 Å². The zero-order valence-corrected chi connectivity index (χ0v) is 10.5. The predicted octanol–water partition coefficient (Wildman–Crippen LogP) is 4.33. The Labute approximate surface area is 99.5 Å². The summed E-state index contributed by atoms with van der Waals surface area (Å²) in [6.45, 7) is 4.54. The summed E-state index contributed by atoms with van der Waals surface area (Å²) in [4.78, 5) is 0. The Morgan fingerprint density at radius 3 is 2.38 bits per heavy atom. The van der Waals surface area contributed by atoms with Crippen LogP contribution in [0.4, 0.5) is 0 Å². The molecular weight excluding hydrogens is 196 g/mol. The van der Waals surface area contributed by atoms with Gasteiger partial charge in [-0.25, -0.2) is 0 Å². The minimum Gasteiger partial charge on any atom is -0.388 e. The van der Waals surface area contributed by atoms with Crippen LogP contribution >= 0.6 is 0 Å². The minimum absolute atomic E-state index is 0.282. The summed E-state index contributed by atoms with van der Waals surface area (Å²) in [6, 6.07) is 9.95. The normalized spacial score (nSPS) is 14.7. The Morgan fingerprint density at radius 1 is 1.06 bits per heavy atom. The Balaban J connectivity index is 2.23. The second-order valence-corrected chi connectivity index (χ2v) is 4.75. The van der Waals surface area contributed by atoms with Gasteiger partial charge in [-0.2, -0.15) is 0 Å². The van der Waals surface area contributed by atoms with Crippen molar-refractivity contribution in [3.05, 3.63) is 35.9 Å². The van der Waals surface area contributed by atoms with Crippen LogP contribution in [0.15, 0.2) is 30.3 Å². The van der Waals surface area contributed by atoms with Crippen LogP contribution < -0.4 is 0 Å². The summed E-state index contributed by atoms with van der Waals surface area (Å²) in [5.74, 6) is 0.799. The van der Waals surface area contributed by atoms with Crippen molar-refractivity contribution in [3.8, 4) is 0 Å². The highest BCUT2D eigenvalue weighted by Gasteiger charge is 2.07. The number of aliphatic hydroxyl groups excluding tert-OH is 1. The van der Waals surface area contributed by atoms with Crippen LogP contribution in [-0.4, -0.2) is 5.11 Å². The van der Waals surface area contributed by atoms with Crippen molar-refractivity contribution in [2.24, 2.45) is 5.92 Å². The molecule has 0 radical (unpaired) electrons. The second-order valence-electron chi connectivity index (χ2n) is 4.75. The largest absolute Gasteiger partial charge is 0.388 e. The Morgan fingerprint density at radius 2 is 1.75 bits per heavy atom. The van der Waals surface area contributed by atoms with Gasteiger partial charge >= 0.3 is 0 Å². The van der Waals surface area contributed by atoms with Gasteiger partial charge in [-0.3, -0.25) is 0 Å². The number of hydrogen-bond donors (Lipinski definition) is 1. The van der Waals surface area contributed by atoms with Crippen molar-refractivity contribution in [1.82, 2.24) is 0 Å². The fourth-order valence-electron chi connectivity index (χ4n) is 2.14. The molecule has 0 saturated carbocycles. The van der Waals surface area contributed by atoms with Crippen molar-refractivity contribution < 1.29 is 5.11 Å². The van der Waals surface area contributed by atoms with E-state index in [0.717, 1.165) is 24.3 Å². The average molecular weight is 220 g/mol. The highest BCUT2D eigenvalue weighted by molar-refractivity contribution is 5.16. The van der Waals surface area contributed by atoms with Gasteiger partial charge in [-0.05, 0) is 17.9 Å². The molecule has 1 aromatic rings. The van der Waals surface area contributed by atoms with E-state index in [1.165, 1.54) is 19.3 Å². The van der Waals surface area contributed by atoms with E-state index >= 15 is 0 Å². The molecule has 0 aliphatic rings. The summed E-state index contributed by atoms with van der Waals surface area (Å²) in [5, 5.41) is 9.96. The van der Waals surface area contributed by atoms with Crippen molar-refractivity contribution in [3.63, 3.8) is 0 Å². The fraction of sp³-hybridized carbons (Fsp3) is 0.600. The fourth-order valence-corrected chi connectivity index (χ4v) is 2.14. The van der Waals surface area contributed by atoms with Crippen LogP contribution in [0.2, 0.25) is 0 Å². The minimum atomic E-state index is -0.282. The molecule has 0 heterocycles. The van der Waals surface area contributed by atoms with Gasteiger partial charge in [0.05, 0.1) is 6.10 Å². The van der Waals surface area contributed by atoms with Gasteiger partial charge in [0.25, 0.3) is 0 Å². The van der Waals surface area contributed by atoms with Gasteiger partial charge < -0.3 is 5.11 Å². The van der Waals surface area contributed by atoms with E-state index in [2.05, 4.69) is 13.8 Å². The number of hydrogen-bond acceptors (Lipinski definition) is 1. The van der Waals surface area contributed by atoms with Gasteiger partial charge in [0.1, 0.15) is 0 Å². The molecule has 1 N–H and O–H groups in total. The van der Waals surface area contributed by atoms with E-state index in [9.17, 15) is 5.11 Å². The molecule has 1 heteroatoms. The Hall–Kier alpha value is -0.820. The van der Waals surface area contributed by atoms with E-state index in [1.807, 2.05) is 30.3 Å². The lowest BCUT2D eigenvalue weighted by atomic mass is 9.96. The molecule has 0 aliphatic heterocycles. The highest BCUT2D eigenvalue weighted by Crippen LogP contribution is 2.21. The van der Waals surface area contributed by atoms with E-state index in [1.54, 1.807) is 0 Å². The van der Waals surface area contributed by atoms with Crippen LogP contribution in [0.1, 0.15) is 57.6 Å². The summed E-state index contributed by atoms with van der Waals surface area (Å²) in [7, 11) is 0. The molecule has 1 aromatic carbocycles. The maximum Gasteiger partial charge on any atom is 0.0790 e. The van der Waals surface area contributed by atoms with Crippen molar-refractivity contribution in [1.29, 1.82) is 0 Å². The molecule has 0 spiro atoms. The average Bonchev–Trinajstić information content (AvgIpc) is 2.30. The van der Waals surface area contributed by atoms with Gasteiger partial charge in [-0.15, -0.1) is 0 Å². The summed E-state index contributed by atoms with van der Waals surface area (Å²) in [6.07, 6.45) is 5.53. The second kappa shape index (κ2) is 7.45. The van der Waals surface area contributed by atoms with Crippen molar-refractivity contribution in [2.45, 2.75) is 52.1 Å². The third-order valence-corrected chi connectivity index (χ3v) is 3.14. The molecule has 90 valence electrons. The first kappa shape index (κ1) is 13.2. The van der Waals surface area contributed by atoms with Crippen LogP contribution in [0, 0.1) is 5.92 Å². The van der Waals surface area contributed by atoms with E-state index in [-0.39, 0.29) is 6.10 Å². The maximum atomic E-state index is 9.96. The lowest BCUT2D eigenvalue weighted by Gasteiger charge is -2.13. The molecule has 0 fully saturated rings. The van der Waals surface area contributed by atoms with Gasteiger partial charge in [-0.1, -0.05) is 69.9 Å². The first-order valence-corrected chi connectivity index (χ1v) is 6.47. The molecular formula is C15H24O. The SMILES string of the molecule is CCCC(C)CCCC(O)c1ccccc1. The zero-order valence-electron chi connectivity index (χ0n) is 10.5. The van der Waals surface area contributed by atoms with Crippen LogP contribution in [-0.2, 0) is 0 Å². The molecule has 2 unspecified atom stereocenters.